The van der Waals surface area contributed by atoms with Crippen LogP contribution in [0.3, 0.4) is 0 Å². The molecule has 3 N–H and O–H groups in total. The van der Waals surface area contributed by atoms with E-state index in [4.69, 9.17) is 5.73 Å². The quantitative estimate of drug-likeness (QED) is 0.827. The topological polar surface area (TPSA) is 102 Å². The van der Waals surface area contributed by atoms with Gasteiger partial charge < -0.3 is 11.1 Å². The summed E-state index contributed by atoms with van der Waals surface area (Å²) in [5, 5.41) is 6.01. The summed E-state index contributed by atoms with van der Waals surface area (Å²) in [5.41, 5.74) is 5.92. The number of amides is 1. The number of carbonyl (C=O) groups excluding carboxylic acids is 1. The van der Waals surface area contributed by atoms with Gasteiger partial charge in [0.25, 0.3) is 5.91 Å². The molecule has 2 heterocycles. The summed E-state index contributed by atoms with van der Waals surface area (Å²) in [5.74, 6) is -0.479. The molecule has 0 saturated carbocycles. The van der Waals surface area contributed by atoms with Crippen LogP contribution in [-0.2, 0) is 9.84 Å². The first kappa shape index (κ1) is 13.2. The van der Waals surface area contributed by atoms with Gasteiger partial charge in [0.2, 0.25) is 0 Å². The third-order valence-corrected chi connectivity index (χ3v) is 4.83. The minimum absolute atomic E-state index is 0.0942. The summed E-state index contributed by atoms with van der Waals surface area (Å²) in [6, 6.07) is -0.703. The molecular weight excluding hydrogens is 274 g/mol. The van der Waals surface area contributed by atoms with Crippen LogP contribution >= 0.6 is 11.3 Å². The fraction of sp³-hybridized carbons (Fsp3) is 0.400. The van der Waals surface area contributed by atoms with Gasteiger partial charge in [0.15, 0.2) is 9.84 Å². The molecule has 6 nitrogen and oxygen atoms in total. The molecule has 2 unspecified atom stereocenters. The molecular formula is C10H13N3O3S2. The van der Waals surface area contributed by atoms with Crippen molar-refractivity contribution in [3.8, 4) is 0 Å². The van der Waals surface area contributed by atoms with Crippen molar-refractivity contribution in [2.24, 2.45) is 5.73 Å². The Morgan fingerprint density at radius 3 is 2.89 bits per heavy atom. The Bertz CT molecular complexity index is 589. The lowest BCUT2D eigenvalue weighted by Crippen LogP contribution is -2.35. The molecule has 0 radical (unpaired) electrons. The Morgan fingerprint density at radius 1 is 1.67 bits per heavy atom. The second-order valence-electron chi connectivity index (χ2n) is 4.10. The zero-order valence-corrected chi connectivity index (χ0v) is 11.3. The Hall–Kier alpha value is -1.25. The molecule has 0 bridgehead atoms. The minimum Gasteiger partial charge on any atom is -0.343 e. The summed E-state index contributed by atoms with van der Waals surface area (Å²) in [7, 11) is -3.16. The Labute approximate surface area is 109 Å². The largest absolute Gasteiger partial charge is 0.343 e. The molecule has 0 fully saturated rings. The van der Waals surface area contributed by atoms with E-state index in [0.29, 0.717) is 5.01 Å². The molecule has 2 atom stereocenters. The molecule has 2 rings (SSSR count). The summed E-state index contributed by atoms with van der Waals surface area (Å²) < 4.78 is 22.4. The minimum atomic E-state index is -3.16. The molecule has 1 aliphatic heterocycles. The van der Waals surface area contributed by atoms with Crippen molar-refractivity contribution in [1.82, 2.24) is 10.3 Å². The van der Waals surface area contributed by atoms with Crippen LogP contribution in [-0.4, -0.2) is 31.1 Å². The monoisotopic (exact) mass is 287 g/mol. The van der Waals surface area contributed by atoms with Crippen molar-refractivity contribution in [2.75, 3.05) is 5.75 Å². The maximum absolute atomic E-state index is 11.8. The second-order valence-corrected chi connectivity index (χ2v) is 6.92. The summed E-state index contributed by atoms with van der Waals surface area (Å²) in [6.45, 7) is 1.78. The Kier molecular flexibility index (Phi) is 3.51. The molecule has 8 heteroatoms. The number of rotatable bonds is 3. The van der Waals surface area contributed by atoms with Crippen molar-refractivity contribution in [3.63, 3.8) is 0 Å². The average molecular weight is 287 g/mol. The van der Waals surface area contributed by atoms with E-state index in [1.807, 2.05) is 0 Å². The molecule has 0 spiro atoms. The van der Waals surface area contributed by atoms with Gasteiger partial charge in [-0.1, -0.05) is 0 Å². The highest BCUT2D eigenvalue weighted by molar-refractivity contribution is 7.94. The smallest absolute Gasteiger partial charge is 0.271 e. The number of carbonyl (C=O) groups is 1. The van der Waals surface area contributed by atoms with Gasteiger partial charge in [-0.15, -0.1) is 11.3 Å². The Morgan fingerprint density at radius 2 is 2.39 bits per heavy atom. The average Bonchev–Trinajstić information content (AvgIpc) is 2.85. The predicted molar refractivity (Wildman–Crippen MR) is 68.9 cm³/mol. The summed E-state index contributed by atoms with van der Waals surface area (Å²) >= 11 is 1.31. The lowest BCUT2D eigenvalue weighted by Gasteiger charge is -2.07. The number of hydrogen-bond acceptors (Lipinski definition) is 6. The van der Waals surface area contributed by atoms with Crippen molar-refractivity contribution >= 4 is 27.1 Å². The van der Waals surface area contributed by atoms with E-state index in [2.05, 4.69) is 10.3 Å². The number of aromatic nitrogens is 1. The molecule has 1 aliphatic rings. The van der Waals surface area contributed by atoms with Gasteiger partial charge in [-0.2, -0.15) is 0 Å². The van der Waals surface area contributed by atoms with Gasteiger partial charge in [0, 0.05) is 10.8 Å². The van der Waals surface area contributed by atoms with Crippen LogP contribution in [0.2, 0.25) is 0 Å². The lowest BCUT2D eigenvalue weighted by atomic mass is 10.3. The predicted octanol–water partition coefficient (Wildman–Crippen LogP) is 0.203. The number of nitrogens with two attached hydrogens (primary N) is 1. The standard InChI is InChI=1S/C10H13N3O3S2/c1-6(11)10-13-8(4-17-10)9(14)12-7-2-3-18(15,16)5-7/h2-4,6-7H,5,11H2,1H3,(H,12,14). The highest BCUT2D eigenvalue weighted by Gasteiger charge is 2.24. The maximum Gasteiger partial charge on any atom is 0.271 e. The molecule has 1 amide bonds. The van der Waals surface area contributed by atoms with Crippen molar-refractivity contribution in [2.45, 2.75) is 19.0 Å². The Balaban J connectivity index is 2.02. The van der Waals surface area contributed by atoms with Crippen LogP contribution in [0.4, 0.5) is 0 Å². The van der Waals surface area contributed by atoms with E-state index in [1.165, 1.54) is 17.4 Å². The highest BCUT2D eigenvalue weighted by Crippen LogP contribution is 2.16. The van der Waals surface area contributed by atoms with E-state index in [9.17, 15) is 13.2 Å². The molecule has 1 aromatic heterocycles. The maximum atomic E-state index is 11.8. The van der Waals surface area contributed by atoms with Gasteiger partial charge in [-0.3, -0.25) is 4.79 Å². The molecule has 0 aromatic carbocycles. The second kappa shape index (κ2) is 4.79. The first-order valence-corrected chi connectivity index (χ1v) is 7.90. The van der Waals surface area contributed by atoms with Crippen LogP contribution in [0.25, 0.3) is 0 Å². The normalized spacial score (nSPS) is 22.9. The van der Waals surface area contributed by atoms with Crippen molar-refractivity contribution in [1.29, 1.82) is 0 Å². The van der Waals surface area contributed by atoms with Crippen LogP contribution in [0.1, 0.15) is 28.5 Å². The zero-order chi connectivity index (χ0) is 13.3. The SMILES string of the molecule is CC(N)c1nc(C(=O)NC2C=CS(=O)(=O)C2)cs1. The number of nitrogens with one attached hydrogen (secondary N) is 1. The third kappa shape index (κ3) is 2.95. The molecule has 1 aromatic rings. The van der Waals surface area contributed by atoms with Crippen molar-refractivity contribution < 1.29 is 13.2 Å². The summed E-state index contributed by atoms with van der Waals surface area (Å²) in [4.78, 5) is 15.9. The van der Waals surface area contributed by atoms with E-state index < -0.39 is 15.9 Å². The zero-order valence-electron chi connectivity index (χ0n) is 9.66. The highest BCUT2D eigenvalue weighted by atomic mass is 32.2. The number of thiazole rings is 1. The molecule has 0 saturated heterocycles. The third-order valence-electron chi connectivity index (χ3n) is 2.39. The van der Waals surface area contributed by atoms with Gasteiger partial charge in [0.1, 0.15) is 10.7 Å². The molecule has 0 aliphatic carbocycles. The van der Waals surface area contributed by atoms with Gasteiger partial charge in [0.05, 0.1) is 17.8 Å². The number of hydrogen-bond donors (Lipinski definition) is 2. The lowest BCUT2D eigenvalue weighted by molar-refractivity contribution is 0.0943. The van der Waals surface area contributed by atoms with E-state index in [-0.39, 0.29) is 23.4 Å². The van der Waals surface area contributed by atoms with Gasteiger partial charge in [-0.05, 0) is 13.0 Å². The van der Waals surface area contributed by atoms with Crippen LogP contribution in [0.15, 0.2) is 16.9 Å². The van der Waals surface area contributed by atoms with E-state index >= 15 is 0 Å². The summed E-state index contributed by atoms with van der Waals surface area (Å²) in [6.07, 6.45) is 1.46. The van der Waals surface area contributed by atoms with E-state index in [1.54, 1.807) is 12.3 Å². The first-order chi connectivity index (χ1) is 8.37. The fourth-order valence-corrected chi connectivity index (χ4v) is 3.50. The van der Waals surface area contributed by atoms with E-state index in [0.717, 1.165) is 5.41 Å². The van der Waals surface area contributed by atoms with Crippen molar-refractivity contribution in [3.05, 3.63) is 27.6 Å². The molecule has 98 valence electrons. The van der Waals surface area contributed by atoms with Crippen LogP contribution in [0, 0.1) is 0 Å². The van der Waals surface area contributed by atoms with Gasteiger partial charge in [-0.25, -0.2) is 13.4 Å². The van der Waals surface area contributed by atoms with Crippen LogP contribution < -0.4 is 11.1 Å². The number of sulfone groups is 1. The van der Waals surface area contributed by atoms with Gasteiger partial charge >= 0.3 is 0 Å². The van der Waals surface area contributed by atoms with Crippen LogP contribution in [0.5, 0.6) is 0 Å². The first-order valence-electron chi connectivity index (χ1n) is 5.30. The fourth-order valence-electron chi connectivity index (χ4n) is 1.51. The molecule has 18 heavy (non-hydrogen) atoms. The number of nitrogens with zero attached hydrogens (tertiary/aromatic N) is 1.